The van der Waals surface area contributed by atoms with Gasteiger partial charge in [0.2, 0.25) is 11.8 Å². The molecule has 1 amide bonds. The molecule has 7 nitrogen and oxygen atoms in total. The fourth-order valence-electron chi connectivity index (χ4n) is 0.936. The first-order valence-electron chi connectivity index (χ1n) is 4.67. The number of aromatic nitrogens is 2. The topological polar surface area (TPSA) is 106 Å². The van der Waals surface area contributed by atoms with Crippen LogP contribution in [0, 0.1) is 0 Å². The Morgan fingerprint density at radius 3 is 2.80 bits per heavy atom. The van der Waals surface area contributed by atoms with Gasteiger partial charge in [-0.15, -0.1) is 5.10 Å². The number of anilines is 1. The maximum Gasteiger partial charge on any atom is 0.315 e. The molecule has 1 heterocycles. The second-order valence-electron chi connectivity index (χ2n) is 3.28. The lowest BCUT2D eigenvalue weighted by atomic mass is 10.4. The minimum atomic E-state index is -0.127. The van der Waals surface area contributed by atoms with E-state index in [9.17, 15) is 4.79 Å². The predicted octanol–water partition coefficient (Wildman–Crippen LogP) is -0.535. The van der Waals surface area contributed by atoms with E-state index in [1.165, 1.54) is 0 Å². The van der Waals surface area contributed by atoms with Gasteiger partial charge in [0, 0.05) is 6.04 Å². The molecule has 0 fully saturated rings. The highest BCUT2D eigenvalue weighted by Crippen LogP contribution is 2.03. The number of amides is 1. The van der Waals surface area contributed by atoms with Gasteiger partial charge in [-0.1, -0.05) is 5.10 Å². The van der Waals surface area contributed by atoms with Crippen LogP contribution in [0.5, 0.6) is 0 Å². The van der Waals surface area contributed by atoms with Crippen molar-refractivity contribution >= 4 is 11.9 Å². The van der Waals surface area contributed by atoms with Crippen molar-refractivity contribution in [2.75, 3.05) is 11.9 Å². The van der Waals surface area contributed by atoms with Crippen LogP contribution in [-0.4, -0.2) is 28.7 Å². The molecule has 0 radical (unpaired) electrons. The second-order valence-corrected chi connectivity index (χ2v) is 3.28. The van der Waals surface area contributed by atoms with Crippen molar-refractivity contribution in [1.82, 2.24) is 15.5 Å². The summed E-state index contributed by atoms with van der Waals surface area (Å²) in [4.78, 5) is 11.2. The summed E-state index contributed by atoms with van der Waals surface area (Å²) in [6, 6.07) is 0.316. The molecule has 0 aliphatic carbocycles. The molecule has 0 saturated heterocycles. The number of rotatable bonds is 5. The van der Waals surface area contributed by atoms with Gasteiger partial charge < -0.3 is 20.8 Å². The minimum Gasteiger partial charge on any atom is -0.407 e. The Kier molecular flexibility index (Phi) is 4.04. The highest BCUT2D eigenvalue weighted by Gasteiger charge is 2.06. The smallest absolute Gasteiger partial charge is 0.315 e. The van der Waals surface area contributed by atoms with Crippen LogP contribution in [-0.2, 0) is 11.3 Å². The van der Waals surface area contributed by atoms with Crippen LogP contribution >= 0.6 is 0 Å². The van der Waals surface area contributed by atoms with Gasteiger partial charge >= 0.3 is 6.01 Å². The maximum atomic E-state index is 11.2. The van der Waals surface area contributed by atoms with Crippen molar-refractivity contribution in [3.8, 4) is 0 Å². The van der Waals surface area contributed by atoms with Gasteiger partial charge in [0.1, 0.15) is 0 Å². The SMILES string of the molecule is CC(C)NC(=O)CNc1nnc(CN)o1. The first-order valence-corrected chi connectivity index (χ1v) is 4.67. The third-order valence-corrected chi connectivity index (χ3v) is 1.49. The average Bonchev–Trinajstić information content (AvgIpc) is 2.61. The lowest BCUT2D eigenvalue weighted by Crippen LogP contribution is -2.34. The number of carbonyl (C=O) groups is 1. The molecule has 1 aromatic heterocycles. The third-order valence-electron chi connectivity index (χ3n) is 1.49. The Balaban J connectivity index is 2.33. The van der Waals surface area contributed by atoms with Crippen LogP contribution in [0.3, 0.4) is 0 Å². The van der Waals surface area contributed by atoms with Gasteiger partial charge in [-0.2, -0.15) is 0 Å². The first kappa shape index (κ1) is 11.4. The van der Waals surface area contributed by atoms with E-state index in [1.54, 1.807) is 0 Å². The number of hydrogen-bond acceptors (Lipinski definition) is 6. The minimum absolute atomic E-state index is 0.102. The van der Waals surface area contributed by atoms with Crippen LogP contribution in [0.4, 0.5) is 6.01 Å². The van der Waals surface area contributed by atoms with Gasteiger partial charge in [0.05, 0.1) is 13.1 Å². The molecule has 0 unspecified atom stereocenters. The van der Waals surface area contributed by atoms with Crippen LogP contribution in [0.15, 0.2) is 4.42 Å². The zero-order valence-electron chi connectivity index (χ0n) is 8.78. The average molecular weight is 213 g/mol. The Morgan fingerprint density at radius 1 is 1.53 bits per heavy atom. The molecule has 0 bridgehead atoms. The monoisotopic (exact) mass is 213 g/mol. The molecule has 1 aromatic rings. The molecule has 7 heteroatoms. The fraction of sp³-hybridized carbons (Fsp3) is 0.625. The van der Waals surface area contributed by atoms with Crippen molar-refractivity contribution in [2.45, 2.75) is 26.4 Å². The highest BCUT2D eigenvalue weighted by atomic mass is 16.4. The Morgan fingerprint density at radius 2 is 2.27 bits per heavy atom. The molecular formula is C8H15N5O2. The second kappa shape index (κ2) is 5.30. The number of nitrogens with one attached hydrogen (secondary N) is 2. The van der Waals surface area contributed by atoms with E-state index >= 15 is 0 Å². The summed E-state index contributed by atoms with van der Waals surface area (Å²) in [5.41, 5.74) is 5.28. The van der Waals surface area contributed by atoms with Crippen molar-refractivity contribution in [2.24, 2.45) is 5.73 Å². The molecule has 1 rings (SSSR count). The quantitative estimate of drug-likeness (QED) is 0.606. The van der Waals surface area contributed by atoms with Crippen LogP contribution in [0.25, 0.3) is 0 Å². The lowest BCUT2D eigenvalue weighted by Gasteiger charge is -2.07. The predicted molar refractivity (Wildman–Crippen MR) is 54.0 cm³/mol. The normalized spacial score (nSPS) is 10.4. The molecule has 0 spiro atoms. The van der Waals surface area contributed by atoms with E-state index in [4.69, 9.17) is 10.2 Å². The fourth-order valence-corrected chi connectivity index (χ4v) is 0.936. The summed E-state index contributed by atoms with van der Waals surface area (Å²) in [5, 5.41) is 12.7. The van der Waals surface area contributed by atoms with Crippen molar-refractivity contribution in [3.05, 3.63) is 5.89 Å². The van der Waals surface area contributed by atoms with Crippen LogP contribution in [0.2, 0.25) is 0 Å². The highest BCUT2D eigenvalue weighted by molar-refractivity contribution is 5.80. The summed E-state index contributed by atoms with van der Waals surface area (Å²) in [7, 11) is 0. The molecule has 15 heavy (non-hydrogen) atoms. The summed E-state index contributed by atoms with van der Waals surface area (Å²) < 4.78 is 5.05. The van der Waals surface area contributed by atoms with Crippen molar-refractivity contribution in [3.63, 3.8) is 0 Å². The zero-order valence-corrected chi connectivity index (χ0v) is 8.78. The van der Waals surface area contributed by atoms with Gasteiger partial charge in [0.15, 0.2) is 0 Å². The molecule has 84 valence electrons. The number of nitrogens with two attached hydrogens (primary N) is 1. The lowest BCUT2D eigenvalue weighted by molar-refractivity contribution is -0.119. The molecule has 0 atom stereocenters. The molecule has 0 saturated carbocycles. The van der Waals surface area contributed by atoms with Gasteiger partial charge in [-0.25, -0.2) is 0 Å². The zero-order chi connectivity index (χ0) is 11.3. The van der Waals surface area contributed by atoms with E-state index in [-0.39, 0.29) is 31.1 Å². The number of nitrogens with zero attached hydrogens (tertiary/aromatic N) is 2. The van der Waals surface area contributed by atoms with Crippen molar-refractivity contribution in [1.29, 1.82) is 0 Å². The van der Waals surface area contributed by atoms with Gasteiger partial charge in [0.25, 0.3) is 0 Å². The van der Waals surface area contributed by atoms with E-state index in [0.29, 0.717) is 5.89 Å². The number of carbonyl (C=O) groups excluding carboxylic acids is 1. The molecular weight excluding hydrogens is 198 g/mol. The summed E-state index contributed by atoms with van der Waals surface area (Å²) in [5.74, 6) is 0.208. The molecule has 0 aliphatic rings. The van der Waals surface area contributed by atoms with E-state index < -0.39 is 0 Å². The molecule has 0 aromatic carbocycles. The maximum absolute atomic E-state index is 11.2. The van der Waals surface area contributed by atoms with E-state index in [1.807, 2.05) is 13.8 Å². The Hall–Kier alpha value is -1.63. The molecule has 4 N–H and O–H groups in total. The first-order chi connectivity index (χ1) is 7.11. The standard InChI is InChI=1S/C8H15N5O2/c1-5(2)11-6(14)4-10-8-13-12-7(3-9)15-8/h5H,3-4,9H2,1-2H3,(H,10,13)(H,11,14). The van der Waals surface area contributed by atoms with Crippen molar-refractivity contribution < 1.29 is 9.21 Å². The Labute approximate surface area is 87.4 Å². The largest absolute Gasteiger partial charge is 0.407 e. The third kappa shape index (κ3) is 3.94. The Bertz CT molecular complexity index is 323. The van der Waals surface area contributed by atoms with Crippen LogP contribution in [0.1, 0.15) is 19.7 Å². The van der Waals surface area contributed by atoms with E-state index in [2.05, 4.69) is 20.8 Å². The summed E-state index contributed by atoms with van der Waals surface area (Å²) >= 11 is 0. The van der Waals surface area contributed by atoms with Gasteiger partial charge in [-0.3, -0.25) is 4.79 Å². The van der Waals surface area contributed by atoms with E-state index in [0.717, 1.165) is 0 Å². The van der Waals surface area contributed by atoms with Crippen LogP contribution < -0.4 is 16.4 Å². The summed E-state index contributed by atoms with van der Waals surface area (Å²) in [6.07, 6.45) is 0. The summed E-state index contributed by atoms with van der Waals surface area (Å²) in [6.45, 7) is 4.06. The molecule has 0 aliphatic heterocycles. The van der Waals surface area contributed by atoms with Gasteiger partial charge in [-0.05, 0) is 13.8 Å². The number of hydrogen-bond donors (Lipinski definition) is 3.